The minimum absolute atomic E-state index is 0.0449. The summed E-state index contributed by atoms with van der Waals surface area (Å²) in [6, 6.07) is -1.12. The second-order valence-corrected chi connectivity index (χ2v) is 41.7. The number of fused-ring (bicyclic) bond motifs is 1. The number of hydrogen-bond acceptors (Lipinski definition) is 43. The van der Waals surface area contributed by atoms with Gasteiger partial charge in [0.1, 0.15) is 66.8 Å². The number of nitrogens with one attached hydrogen (secondary N) is 1. The van der Waals surface area contributed by atoms with E-state index in [1.807, 2.05) is 0 Å². The molecule has 13 unspecified atom stereocenters. The predicted octanol–water partition coefficient (Wildman–Crippen LogP) is 2.27. The van der Waals surface area contributed by atoms with Crippen molar-refractivity contribution in [1.82, 2.24) is 24.8 Å². The summed E-state index contributed by atoms with van der Waals surface area (Å²) in [4.78, 5) is 87.9. The maximum absolute atomic E-state index is 13.8. The molecule has 57 heteroatoms. The highest BCUT2D eigenvalue weighted by Crippen LogP contribution is 2.52. The van der Waals surface area contributed by atoms with Crippen molar-refractivity contribution in [1.29, 1.82) is 0 Å². The zero-order valence-electron chi connectivity index (χ0n) is 73.8. The number of nitrogens with zero attached hydrogens (tertiary/aromatic N) is 4. The van der Waals surface area contributed by atoms with Crippen LogP contribution in [0.3, 0.4) is 0 Å². The lowest BCUT2D eigenvalue weighted by atomic mass is 9.92. The van der Waals surface area contributed by atoms with Gasteiger partial charge in [0.05, 0.1) is 142 Å². The molecular weight excluding hydrogens is 1870 g/mol. The fourth-order valence-electron chi connectivity index (χ4n) is 13.7. The fourth-order valence-corrected chi connectivity index (χ4v) is 18.3. The molecule has 760 valence electrons. The number of carbonyl (C=O) groups is 1. The Labute approximate surface area is 754 Å². The summed E-state index contributed by atoms with van der Waals surface area (Å²) >= 11 is 0. The molecule has 0 bridgehead atoms. The molecular formula is C73H138N6O45P6. The lowest BCUT2D eigenvalue weighted by molar-refractivity contribution is -0.282. The smallest absolute Gasteiger partial charge is 0.394 e. The Bertz CT molecular complexity index is 3700. The van der Waals surface area contributed by atoms with Crippen LogP contribution in [0.1, 0.15) is 136 Å². The first-order valence-corrected chi connectivity index (χ1v) is 52.8. The quantitative estimate of drug-likeness (QED) is 0.0256. The molecule has 0 aromatic carbocycles. The molecule has 4 aliphatic heterocycles. The molecule has 130 heavy (non-hydrogen) atoms. The molecule has 0 spiro atoms. The predicted molar refractivity (Wildman–Crippen MR) is 450 cm³/mol. The maximum atomic E-state index is 13.8. The molecule has 1 amide bonds. The number of imidazole rings is 1. The van der Waals surface area contributed by atoms with Crippen LogP contribution in [0.5, 0.6) is 0 Å². The van der Waals surface area contributed by atoms with Gasteiger partial charge in [-0.3, -0.25) is 59.2 Å². The number of ether oxygens (including phenoxy) is 13. The van der Waals surface area contributed by atoms with Crippen LogP contribution in [0, 0.1) is 23.2 Å². The Morgan fingerprint density at radius 2 is 0.885 bits per heavy atom. The van der Waals surface area contributed by atoms with Crippen LogP contribution in [-0.2, 0) is 139 Å². The number of hydrogen-bond donors (Lipinski definition) is 17. The van der Waals surface area contributed by atoms with E-state index in [0.717, 1.165) is 6.66 Å². The van der Waals surface area contributed by atoms with E-state index in [2.05, 4.69) is 20.3 Å². The Morgan fingerprint density at radius 3 is 1.31 bits per heavy atom. The molecule has 2 aromatic heterocycles. The van der Waals surface area contributed by atoms with Crippen molar-refractivity contribution in [2.45, 2.75) is 228 Å². The first kappa shape index (κ1) is 116. The van der Waals surface area contributed by atoms with Crippen molar-refractivity contribution >= 4 is 69.4 Å². The summed E-state index contributed by atoms with van der Waals surface area (Å²) < 4.78 is 207. The Morgan fingerprint density at radius 1 is 0.485 bits per heavy atom. The van der Waals surface area contributed by atoms with Crippen LogP contribution in [0.4, 0.5) is 5.82 Å². The second-order valence-electron chi connectivity index (χ2n) is 32.0. The molecule has 51 nitrogen and oxygen atoms in total. The van der Waals surface area contributed by atoms with Gasteiger partial charge in [0.2, 0.25) is 5.91 Å². The molecule has 0 saturated carbocycles. The van der Waals surface area contributed by atoms with Gasteiger partial charge in [-0.2, -0.15) is 0 Å². The molecule has 18 N–H and O–H groups in total. The largest absolute Gasteiger partial charge is 0.474 e. The number of anilines is 1. The maximum Gasteiger partial charge on any atom is 0.474 e. The third-order valence-electron chi connectivity index (χ3n) is 20.9. The van der Waals surface area contributed by atoms with E-state index < -0.39 is 240 Å². The highest BCUT2D eigenvalue weighted by atomic mass is 31.2. The van der Waals surface area contributed by atoms with Gasteiger partial charge in [0.15, 0.2) is 51.3 Å². The number of methoxy groups -OCH3 is 1. The molecule has 4 saturated heterocycles. The van der Waals surface area contributed by atoms with E-state index in [0.29, 0.717) is 77.0 Å². The van der Waals surface area contributed by atoms with Gasteiger partial charge in [-0.25, -0.2) is 37.8 Å². The highest BCUT2D eigenvalue weighted by Gasteiger charge is 2.48. The molecule has 0 aliphatic carbocycles. The van der Waals surface area contributed by atoms with Crippen molar-refractivity contribution in [3.8, 4) is 0 Å². The summed E-state index contributed by atoms with van der Waals surface area (Å²) in [5, 5.41) is 92.9. The number of phosphoric acid groups is 5. The SMILES string of the molecule is COCC(COCOP(=O)(O)OCC(COCCCOP(=O)(O)OCCCCCCO[C@@H]1OC(CO)[C@H](O)C(O)[C@@H]1C)(COCCCOP(=O)(O)OCCCCCCO[C@@H]1OC(CO)[C@H](O)C(O)[C@@H]1C)COCCCOP(=O)(O)OCCCCCCO[C@@H]1OC(CO)[C@H](O)C(O)[C@@H]1NC(C)=O)COCOP(=O)(O)O[C@H]1C[C@H](n2cnc3c(N)ncnc32)O[C@@H]1CCP(C)(=O)O. The minimum atomic E-state index is -5.16. The van der Waals surface area contributed by atoms with E-state index >= 15 is 0 Å². The Hall–Kier alpha value is -2.32. The number of nitrogen functional groups attached to an aromatic ring is 1. The number of aromatic nitrogens is 4. The second kappa shape index (κ2) is 60.0. The number of unbranched alkanes of at least 4 members (excludes halogenated alkanes) is 9. The molecule has 25 atom stereocenters. The summed E-state index contributed by atoms with van der Waals surface area (Å²) in [7, 11) is -26.2. The van der Waals surface area contributed by atoms with E-state index in [4.69, 9.17) is 113 Å². The topological polar surface area (TPSA) is 717 Å². The van der Waals surface area contributed by atoms with Crippen molar-refractivity contribution in [3.05, 3.63) is 12.7 Å². The van der Waals surface area contributed by atoms with Crippen molar-refractivity contribution < 1.29 is 214 Å². The van der Waals surface area contributed by atoms with Gasteiger partial charge in [-0.15, -0.1) is 0 Å². The standard InChI is InChI=1S/C73H138N6O45P6/c1-50-62(84)64(86)56(36-80)121-70(50)108-25-12-6-9-15-28-111-126(92,93)114-31-18-22-103-42-73(43-104-23-19-32-115-127(94,95)112-29-16-10-7-13-26-109-71-51(2)63(85)65(87)57(37-81)122-71,44-105-24-20-33-116-128(96,97)113-30-17-11-8-14-27-110-72-60(78-52(3)83)67(89)66(88)58(38-82)123-72)45-117-129(98,99)118-48-106-40-53(39-102-4)41-107-49-119-130(100,101)124-55-35-59(120-54(55)21-34-125(5,90)91)79-47-77-61-68(74)75-46-76-69(61)79/h46-47,50-51,53-60,62-67,70-72,80-82,84-89H,6-45,48-49H2,1-5H3,(H,78,83)(H,90,91)(H,92,93)(H,94,95)(H,96,97)(H,98,99)(H,100,101)(H2,74,75,76)/t50-,51-,53?,54+,55-,56?,57?,58?,59+,60-,62?,63?,64-,65-,66-,67?,70+,71+,72+,73?/m0/s1. The highest BCUT2D eigenvalue weighted by molar-refractivity contribution is 7.57. The number of aliphatic hydroxyl groups excluding tert-OH is 9. The summed E-state index contributed by atoms with van der Waals surface area (Å²) in [6.07, 6.45) is -9.01. The van der Waals surface area contributed by atoms with Crippen LogP contribution in [0.2, 0.25) is 0 Å². The average Bonchev–Trinajstić information content (AvgIpc) is 1.65. The molecule has 4 fully saturated rings. The van der Waals surface area contributed by atoms with Gasteiger partial charge in [0, 0.05) is 90.7 Å². The molecule has 6 rings (SSSR count). The minimum Gasteiger partial charge on any atom is -0.394 e. The normalized spacial score (nSPS) is 28.6. The molecule has 2 aromatic rings. The number of amides is 1. The van der Waals surface area contributed by atoms with Crippen molar-refractivity contribution in [2.24, 2.45) is 23.2 Å². The zero-order valence-corrected chi connectivity index (χ0v) is 79.2. The summed E-state index contributed by atoms with van der Waals surface area (Å²) in [5.41, 5.74) is 4.91. The van der Waals surface area contributed by atoms with E-state index in [-0.39, 0.29) is 148 Å². The van der Waals surface area contributed by atoms with Gasteiger partial charge in [0.25, 0.3) is 0 Å². The van der Waals surface area contributed by atoms with Gasteiger partial charge in [-0.05, 0) is 64.2 Å². The first-order valence-electron chi connectivity index (χ1n) is 43.1. The number of nitrogens with two attached hydrogens (primary N) is 1. The average molecular weight is 2010 g/mol. The van der Waals surface area contributed by atoms with Crippen LogP contribution in [-0.4, -0.2) is 372 Å². The van der Waals surface area contributed by atoms with Crippen molar-refractivity contribution in [2.75, 3.05) is 185 Å². The fraction of sp³-hybridized carbons (Fsp3) is 0.918. The zero-order chi connectivity index (χ0) is 95.6. The number of aliphatic hydroxyl groups is 9. The Kier molecular flexibility index (Phi) is 53.7. The van der Waals surface area contributed by atoms with Gasteiger partial charge < -0.3 is 148 Å². The van der Waals surface area contributed by atoms with E-state index in [1.54, 1.807) is 13.8 Å². The molecule has 0 radical (unpaired) electrons. The monoisotopic (exact) mass is 2000 g/mol. The van der Waals surface area contributed by atoms with Crippen LogP contribution >= 0.6 is 46.5 Å². The number of rotatable bonds is 73. The first-order chi connectivity index (χ1) is 61.7. The van der Waals surface area contributed by atoms with E-state index in [9.17, 15) is 108 Å². The van der Waals surface area contributed by atoms with Crippen LogP contribution in [0.25, 0.3) is 11.2 Å². The number of carbonyl (C=O) groups excluding carboxylic acids is 1. The van der Waals surface area contributed by atoms with Crippen molar-refractivity contribution in [3.63, 3.8) is 0 Å². The van der Waals surface area contributed by atoms with E-state index in [1.165, 1.54) is 31.3 Å². The van der Waals surface area contributed by atoms with Crippen LogP contribution < -0.4 is 11.1 Å². The van der Waals surface area contributed by atoms with Gasteiger partial charge >= 0.3 is 39.1 Å². The van der Waals surface area contributed by atoms with Crippen LogP contribution in [0.15, 0.2) is 12.7 Å². The molecule has 4 aliphatic rings. The number of phosphoric ester groups is 5. The lowest BCUT2D eigenvalue weighted by Crippen LogP contribution is -2.64. The lowest BCUT2D eigenvalue weighted by Gasteiger charge is -2.42. The summed E-state index contributed by atoms with van der Waals surface area (Å²) in [5.74, 6) is -2.26. The third kappa shape index (κ3) is 43.2. The summed E-state index contributed by atoms with van der Waals surface area (Å²) in [6.45, 7) is -2.21. The third-order valence-corrected chi connectivity index (χ3v) is 26.9. The van der Waals surface area contributed by atoms with Gasteiger partial charge in [-0.1, -0.05) is 52.4 Å². The molecule has 6 heterocycles. The Balaban J connectivity index is 1.03.